The van der Waals surface area contributed by atoms with Crippen LogP contribution in [0.25, 0.3) is 55.6 Å². The summed E-state index contributed by atoms with van der Waals surface area (Å²) in [6, 6.07) is 18.1. The fourth-order valence-corrected chi connectivity index (χ4v) is 4.82. The van der Waals surface area contributed by atoms with Crippen molar-refractivity contribution in [1.29, 1.82) is 0 Å². The van der Waals surface area contributed by atoms with Crippen molar-refractivity contribution in [3.8, 4) is 33.6 Å². The van der Waals surface area contributed by atoms with E-state index in [9.17, 15) is 9.18 Å². The highest BCUT2D eigenvalue weighted by Crippen LogP contribution is 2.36. The van der Waals surface area contributed by atoms with Gasteiger partial charge in [0.1, 0.15) is 11.5 Å². The normalized spacial score (nSPS) is 11.5. The van der Waals surface area contributed by atoms with Crippen LogP contribution in [0.4, 0.5) is 10.1 Å². The van der Waals surface area contributed by atoms with Gasteiger partial charge in [-0.05, 0) is 53.4 Å². The number of anilines is 1. The SMILES string of the molecule is CC(C)CC(=O)Nc1cncc(-c2cnc3[nH]nc(-c4cc5c(-c6ccc(F)cc6)cccc5n4N)c3c2)c1. The summed E-state index contributed by atoms with van der Waals surface area (Å²) >= 11 is 0. The topological polar surface area (TPSA) is 115 Å². The molecular weight excluding hydrogens is 493 g/mol. The maximum absolute atomic E-state index is 13.5. The second-order valence-electron chi connectivity index (χ2n) is 9.95. The smallest absolute Gasteiger partial charge is 0.224 e. The van der Waals surface area contributed by atoms with Crippen LogP contribution in [0.5, 0.6) is 0 Å². The van der Waals surface area contributed by atoms with Gasteiger partial charge in [0.05, 0.1) is 23.1 Å². The molecule has 0 atom stereocenters. The fraction of sp³-hybridized carbons (Fsp3) is 0.133. The molecular formula is C30H26FN7O. The lowest BCUT2D eigenvalue weighted by Gasteiger charge is -2.09. The fourth-order valence-electron chi connectivity index (χ4n) is 4.82. The number of fused-ring (bicyclic) bond motifs is 2. The van der Waals surface area contributed by atoms with Gasteiger partial charge in [-0.3, -0.25) is 19.6 Å². The number of carbonyl (C=O) groups is 1. The Kier molecular flexibility index (Phi) is 6.03. The number of nitrogen functional groups attached to an aromatic ring is 1. The van der Waals surface area contributed by atoms with E-state index in [1.165, 1.54) is 12.1 Å². The quantitative estimate of drug-likeness (QED) is 0.229. The van der Waals surface area contributed by atoms with Gasteiger partial charge in [0.15, 0.2) is 5.65 Å². The Morgan fingerprint density at radius 2 is 1.79 bits per heavy atom. The third-order valence-electron chi connectivity index (χ3n) is 6.65. The Morgan fingerprint density at radius 1 is 1.00 bits per heavy atom. The first-order valence-electron chi connectivity index (χ1n) is 12.6. The Hall–Kier alpha value is -5.05. The van der Waals surface area contributed by atoms with Crippen molar-refractivity contribution in [2.45, 2.75) is 20.3 Å². The maximum Gasteiger partial charge on any atom is 0.224 e. The van der Waals surface area contributed by atoms with Gasteiger partial charge in [-0.2, -0.15) is 5.10 Å². The van der Waals surface area contributed by atoms with E-state index in [-0.39, 0.29) is 17.6 Å². The molecule has 0 aliphatic heterocycles. The molecule has 8 nitrogen and oxygen atoms in total. The predicted octanol–water partition coefficient (Wildman–Crippen LogP) is 6.15. The number of hydrogen-bond acceptors (Lipinski definition) is 5. The lowest BCUT2D eigenvalue weighted by molar-refractivity contribution is -0.116. The average Bonchev–Trinajstić information content (AvgIpc) is 3.49. The highest BCUT2D eigenvalue weighted by molar-refractivity contribution is 6.02. The molecule has 4 heterocycles. The highest BCUT2D eigenvalue weighted by atomic mass is 19.1. The van der Waals surface area contributed by atoms with Crippen LogP contribution in [0.1, 0.15) is 20.3 Å². The minimum Gasteiger partial charge on any atom is -0.339 e. The largest absolute Gasteiger partial charge is 0.339 e. The summed E-state index contributed by atoms with van der Waals surface area (Å²) in [4.78, 5) is 21.1. The lowest BCUT2D eigenvalue weighted by atomic mass is 10.0. The number of aromatic amines is 1. The number of benzene rings is 2. The van der Waals surface area contributed by atoms with Crippen molar-refractivity contribution in [3.63, 3.8) is 0 Å². The molecule has 6 aromatic rings. The van der Waals surface area contributed by atoms with Crippen LogP contribution >= 0.6 is 0 Å². The number of pyridine rings is 2. The number of halogens is 1. The van der Waals surface area contributed by atoms with E-state index in [4.69, 9.17) is 5.84 Å². The first-order chi connectivity index (χ1) is 18.9. The number of nitrogens with zero attached hydrogens (tertiary/aromatic N) is 4. The molecule has 9 heteroatoms. The summed E-state index contributed by atoms with van der Waals surface area (Å²) in [5.41, 5.74) is 6.89. The Balaban J connectivity index is 1.41. The van der Waals surface area contributed by atoms with Crippen LogP contribution in [0.2, 0.25) is 0 Å². The van der Waals surface area contributed by atoms with Crippen LogP contribution in [0.15, 0.2) is 79.3 Å². The zero-order chi connectivity index (χ0) is 27.1. The molecule has 0 radical (unpaired) electrons. The van der Waals surface area contributed by atoms with Crippen molar-refractivity contribution in [3.05, 3.63) is 85.1 Å². The molecule has 0 unspecified atom stereocenters. The van der Waals surface area contributed by atoms with Gasteiger partial charge < -0.3 is 11.2 Å². The van der Waals surface area contributed by atoms with Crippen LogP contribution in [-0.2, 0) is 4.79 Å². The number of nitrogens with one attached hydrogen (secondary N) is 2. The number of nitrogens with two attached hydrogens (primary N) is 1. The van der Waals surface area contributed by atoms with Crippen LogP contribution < -0.4 is 11.2 Å². The van der Waals surface area contributed by atoms with E-state index >= 15 is 0 Å². The van der Waals surface area contributed by atoms with Crippen LogP contribution in [0, 0.1) is 11.7 Å². The Morgan fingerprint density at radius 3 is 2.59 bits per heavy atom. The molecule has 0 aliphatic carbocycles. The Bertz CT molecular complexity index is 1840. The summed E-state index contributed by atoms with van der Waals surface area (Å²) < 4.78 is 15.1. The number of aromatic nitrogens is 5. The minimum atomic E-state index is -0.284. The molecule has 6 rings (SSSR count). The average molecular weight is 520 g/mol. The van der Waals surface area contributed by atoms with E-state index in [0.717, 1.165) is 38.5 Å². The summed E-state index contributed by atoms with van der Waals surface area (Å²) in [7, 11) is 0. The van der Waals surface area contributed by atoms with Crippen molar-refractivity contribution in [2.75, 3.05) is 11.2 Å². The van der Waals surface area contributed by atoms with Crippen molar-refractivity contribution in [1.82, 2.24) is 24.8 Å². The van der Waals surface area contributed by atoms with Gasteiger partial charge in [-0.15, -0.1) is 0 Å². The van der Waals surface area contributed by atoms with E-state index in [1.807, 2.05) is 50.2 Å². The first-order valence-corrected chi connectivity index (χ1v) is 12.6. The van der Waals surface area contributed by atoms with E-state index < -0.39 is 0 Å². The zero-order valence-electron chi connectivity index (χ0n) is 21.4. The van der Waals surface area contributed by atoms with Crippen molar-refractivity contribution < 1.29 is 9.18 Å². The molecule has 4 N–H and O–H groups in total. The molecule has 0 aliphatic rings. The summed E-state index contributed by atoms with van der Waals surface area (Å²) in [6.07, 6.45) is 5.54. The zero-order valence-corrected chi connectivity index (χ0v) is 21.4. The van der Waals surface area contributed by atoms with Gasteiger partial charge in [-0.1, -0.05) is 38.1 Å². The molecule has 0 saturated heterocycles. The Labute approximate surface area is 223 Å². The number of carbonyl (C=O) groups excluding carboxylic acids is 1. The molecule has 0 fully saturated rings. The summed E-state index contributed by atoms with van der Waals surface area (Å²) in [5.74, 6) is 6.50. The van der Waals surface area contributed by atoms with Crippen LogP contribution in [0.3, 0.4) is 0 Å². The van der Waals surface area contributed by atoms with E-state index in [2.05, 4.69) is 25.5 Å². The second-order valence-corrected chi connectivity index (χ2v) is 9.95. The predicted molar refractivity (Wildman–Crippen MR) is 152 cm³/mol. The van der Waals surface area contributed by atoms with Gasteiger partial charge >= 0.3 is 0 Å². The van der Waals surface area contributed by atoms with Crippen LogP contribution in [-0.4, -0.2) is 30.7 Å². The van der Waals surface area contributed by atoms with E-state index in [1.54, 1.807) is 35.4 Å². The highest BCUT2D eigenvalue weighted by Gasteiger charge is 2.18. The number of H-pyrrole nitrogens is 1. The maximum atomic E-state index is 13.5. The third-order valence-corrected chi connectivity index (χ3v) is 6.65. The van der Waals surface area contributed by atoms with E-state index in [0.29, 0.717) is 29.1 Å². The monoisotopic (exact) mass is 519 g/mol. The van der Waals surface area contributed by atoms with Crippen molar-refractivity contribution >= 4 is 33.5 Å². The van der Waals surface area contributed by atoms with Gasteiger partial charge in [-0.25, -0.2) is 9.37 Å². The molecule has 194 valence electrons. The standard InChI is InChI=1S/C30H26FN7O/c1-17(2)10-28(39)35-22-11-19(14-33-16-22)20-12-25-29(36-37-30(25)34-15-20)27-13-24-23(4-3-5-26(24)38(27)32)18-6-8-21(31)9-7-18/h3-9,11-17H,10,32H2,1-2H3,(H,35,39)(H,34,36,37). The van der Waals surface area contributed by atoms with Gasteiger partial charge in [0, 0.05) is 40.7 Å². The molecule has 0 spiro atoms. The number of rotatable bonds is 6. The second kappa shape index (κ2) is 9.68. The minimum absolute atomic E-state index is 0.0505. The molecule has 39 heavy (non-hydrogen) atoms. The first kappa shape index (κ1) is 24.3. The molecule has 1 amide bonds. The number of amides is 1. The van der Waals surface area contributed by atoms with Gasteiger partial charge in [0.25, 0.3) is 0 Å². The van der Waals surface area contributed by atoms with Gasteiger partial charge in [0.2, 0.25) is 5.91 Å². The summed E-state index contributed by atoms with van der Waals surface area (Å²) in [6.45, 7) is 4.00. The lowest BCUT2D eigenvalue weighted by Crippen LogP contribution is -2.13. The third kappa shape index (κ3) is 4.59. The number of hydrogen-bond donors (Lipinski definition) is 3. The molecule has 0 saturated carbocycles. The molecule has 0 bridgehead atoms. The summed E-state index contributed by atoms with van der Waals surface area (Å²) in [5, 5.41) is 12.2. The van der Waals surface area contributed by atoms with Crippen molar-refractivity contribution in [2.24, 2.45) is 5.92 Å². The molecule has 4 aromatic heterocycles. The molecule has 2 aromatic carbocycles.